The molecule has 0 aliphatic heterocycles. The molecule has 0 fully saturated rings. The van der Waals surface area contributed by atoms with Crippen LogP contribution in [0.3, 0.4) is 0 Å². The SMILES string of the molecule is COc1cc(/C=C(/C#N)c2ccccc2F)c(Br)cc1OCc1ccc(Cl)cc1Cl. The average Bonchev–Trinajstić information content (AvgIpc) is 2.73. The van der Waals surface area contributed by atoms with Gasteiger partial charge in [0, 0.05) is 25.6 Å². The first-order valence-electron chi connectivity index (χ1n) is 8.74. The summed E-state index contributed by atoms with van der Waals surface area (Å²) in [6.07, 6.45) is 1.59. The first kappa shape index (κ1) is 22.2. The van der Waals surface area contributed by atoms with Gasteiger partial charge in [-0.25, -0.2) is 4.39 Å². The average molecular weight is 507 g/mol. The van der Waals surface area contributed by atoms with Crippen LogP contribution in [-0.2, 0) is 6.61 Å². The number of nitrogens with zero attached hydrogens (tertiary/aromatic N) is 1. The fourth-order valence-electron chi connectivity index (χ4n) is 2.73. The summed E-state index contributed by atoms with van der Waals surface area (Å²) in [6.45, 7) is 0.215. The quantitative estimate of drug-likeness (QED) is 0.256. The third kappa shape index (κ3) is 5.14. The second kappa shape index (κ2) is 9.99. The van der Waals surface area contributed by atoms with E-state index in [4.69, 9.17) is 32.7 Å². The Morgan fingerprint density at radius 2 is 1.90 bits per heavy atom. The summed E-state index contributed by atoms with van der Waals surface area (Å²) in [4.78, 5) is 0. The fourth-order valence-corrected chi connectivity index (χ4v) is 3.63. The maximum atomic E-state index is 14.1. The Hall–Kier alpha value is -2.52. The lowest BCUT2D eigenvalue weighted by molar-refractivity contribution is 0.284. The lowest BCUT2D eigenvalue weighted by atomic mass is 10.0. The third-order valence-corrected chi connectivity index (χ3v) is 5.54. The highest BCUT2D eigenvalue weighted by atomic mass is 79.9. The van der Waals surface area contributed by atoms with Crippen molar-refractivity contribution in [2.24, 2.45) is 0 Å². The Morgan fingerprint density at radius 1 is 1.13 bits per heavy atom. The number of ether oxygens (including phenoxy) is 2. The summed E-state index contributed by atoms with van der Waals surface area (Å²) < 4.78 is 26.1. The van der Waals surface area contributed by atoms with Crippen LogP contribution in [-0.4, -0.2) is 7.11 Å². The van der Waals surface area contributed by atoms with Crippen LogP contribution >= 0.6 is 39.1 Å². The Labute approximate surface area is 192 Å². The van der Waals surface area contributed by atoms with Gasteiger partial charge in [-0.1, -0.05) is 63.4 Å². The van der Waals surface area contributed by atoms with E-state index in [1.165, 1.54) is 13.2 Å². The van der Waals surface area contributed by atoms with Gasteiger partial charge in [-0.2, -0.15) is 5.26 Å². The van der Waals surface area contributed by atoms with Gasteiger partial charge in [-0.15, -0.1) is 0 Å². The molecule has 0 aromatic heterocycles. The number of halogens is 4. The van der Waals surface area contributed by atoms with Crippen LogP contribution in [0.5, 0.6) is 11.5 Å². The normalized spacial score (nSPS) is 11.1. The monoisotopic (exact) mass is 505 g/mol. The number of methoxy groups -OCH3 is 1. The molecule has 0 atom stereocenters. The number of hydrogen-bond donors (Lipinski definition) is 0. The third-order valence-electron chi connectivity index (χ3n) is 4.27. The van der Waals surface area contributed by atoms with Crippen molar-refractivity contribution in [3.05, 3.63) is 91.6 Å². The zero-order chi connectivity index (χ0) is 21.7. The van der Waals surface area contributed by atoms with Gasteiger partial charge in [0.1, 0.15) is 12.4 Å². The van der Waals surface area contributed by atoms with E-state index in [0.29, 0.717) is 31.6 Å². The summed E-state index contributed by atoms with van der Waals surface area (Å²) in [5.74, 6) is 0.477. The second-order valence-corrected chi connectivity index (χ2v) is 7.90. The second-order valence-electron chi connectivity index (χ2n) is 6.20. The van der Waals surface area contributed by atoms with E-state index in [2.05, 4.69) is 15.9 Å². The van der Waals surface area contributed by atoms with Crippen molar-refractivity contribution in [1.29, 1.82) is 5.26 Å². The van der Waals surface area contributed by atoms with Crippen molar-refractivity contribution in [3.63, 3.8) is 0 Å². The molecule has 152 valence electrons. The minimum atomic E-state index is -0.465. The number of benzene rings is 3. The summed E-state index contributed by atoms with van der Waals surface area (Å²) in [5.41, 5.74) is 1.83. The van der Waals surface area contributed by atoms with Gasteiger partial charge >= 0.3 is 0 Å². The van der Waals surface area contributed by atoms with Gasteiger partial charge in [-0.3, -0.25) is 0 Å². The van der Waals surface area contributed by atoms with Crippen LogP contribution in [0.4, 0.5) is 4.39 Å². The molecule has 0 aliphatic carbocycles. The molecule has 0 amide bonds. The smallest absolute Gasteiger partial charge is 0.162 e. The van der Waals surface area contributed by atoms with Crippen molar-refractivity contribution < 1.29 is 13.9 Å². The van der Waals surface area contributed by atoms with Crippen molar-refractivity contribution in [1.82, 2.24) is 0 Å². The zero-order valence-electron chi connectivity index (χ0n) is 15.8. The highest BCUT2D eigenvalue weighted by Crippen LogP contribution is 2.36. The molecule has 0 saturated heterocycles. The van der Waals surface area contributed by atoms with Crippen LogP contribution in [0.15, 0.2) is 59.1 Å². The molecule has 0 heterocycles. The molecule has 7 heteroatoms. The van der Waals surface area contributed by atoms with E-state index in [9.17, 15) is 9.65 Å². The molecule has 3 aromatic carbocycles. The number of hydrogen-bond acceptors (Lipinski definition) is 3. The number of allylic oxidation sites excluding steroid dienone is 1. The zero-order valence-corrected chi connectivity index (χ0v) is 18.9. The van der Waals surface area contributed by atoms with Crippen LogP contribution in [0.25, 0.3) is 11.6 Å². The van der Waals surface area contributed by atoms with Gasteiger partial charge in [-0.05, 0) is 42.0 Å². The molecular formula is C23H15BrCl2FNO2. The summed E-state index contributed by atoms with van der Waals surface area (Å²) in [7, 11) is 1.51. The van der Waals surface area contributed by atoms with Crippen molar-refractivity contribution >= 4 is 50.8 Å². The lowest BCUT2D eigenvalue weighted by Crippen LogP contribution is -1.99. The first-order valence-corrected chi connectivity index (χ1v) is 10.3. The van der Waals surface area contributed by atoms with E-state index < -0.39 is 5.82 Å². The molecule has 0 N–H and O–H groups in total. The predicted octanol–water partition coefficient (Wildman–Crippen LogP) is 7.55. The molecule has 0 spiro atoms. The minimum Gasteiger partial charge on any atom is -0.493 e. The van der Waals surface area contributed by atoms with E-state index in [0.717, 1.165) is 5.56 Å². The predicted molar refractivity (Wildman–Crippen MR) is 121 cm³/mol. The molecule has 3 nitrogen and oxygen atoms in total. The highest BCUT2D eigenvalue weighted by molar-refractivity contribution is 9.10. The first-order chi connectivity index (χ1) is 14.4. The van der Waals surface area contributed by atoms with E-state index >= 15 is 0 Å². The van der Waals surface area contributed by atoms with Gasteiger partial charge in [0.15, 0.2) is 11.5 Å². The standard InChI is InChI=1S/C23H15BrCl2FNO2/c1-29-22-9-15(8-16(12-28)18-4-2-3-5-21(18)27)19(24)11-23(22)30-13-14-6-7-17(25)10-20(14)26/h2-11H,13H2,1H3/b16-8-. The van der Waals surface area contributed by atoms with Crippen molar-refractivity contribution in [2.45, 2.75) is 6.61 Å². The van der Waals surface area contributed by atoms with Crippen molar-refractivity contribution in [3.8, 4) is 17.6 Å². The molecule has 0 unspecified atom stereocenters. The molecule has 0 aliphatic rings. The Bertz CT molecular complexity index is 1160. The molecule has 0 saturated carbocycles. The van der Waals surface area contributed by atoms with Gasteiger partial charge in [0.2, 0.25) is 0 Å². The Morgan fingerprint density at radius 3 is 2.57 bits per heavy atom. The number of nitriles is 1. The molecule has 0 radical (unpaired) electrons. The van der Waals surface area contributed by atoms with Crippen LogP contribution in [0, 0.1) is 17.1 Å². The maximum Gasteiger partial charge on any atom is 0.162 e. The fraction of sp³-hybridized carbons (Fsp3) is 0.0870. The van der Waals surface area contributed by atoms with Gasteiger partial charge in [0.25, 0.3) is 0 Å². The van der Waals surface area contributed by atoms with Gasteiger partial charge in [0.05, 0.1) is 18.8 Å². The van der Waals surface area contributed by atoms with Crippen molar-refractivity contribution in [2.75, 3.05) is 7.11 Å². The Balaban J connectivity index is 1.92. The van der Waals surface area contributed by atoms with Crippen LogP contribution in [0.1, 0.15) is 16.7 Å². The Kier molecular flexibility index (Phi) is 7.38. The molecule has 3 rings (SSSR count). The maximum absolute atomic E-state index is 14.1. The molecule has 30 heavy (non-hydrogen) atoms. The lowest BCUT2D eigenvalue weighted by Gasteiger charge is -2.14. The van der Waals surface area contributed by atoms with Crippen LogP contribution < -0.4 is 9.47 Å². The summed E-state index contributed by atoms with van der Waals surface area (Å²) in [5, 5.41) is 10.6. The van der Waals surface area contributed by atoms with Gasteiger partial charge < -0.3 is 9.47 Å². The number of rotatable bonds is 6. The molecule has 0 bridgehead atoms. The minimum absolute atomic E-state index is 0.192. The van der Waals surface area contributed by atoms with E-state index in [1.807, 2.05) is 6.07 Å². The van der Waals surface area contributed by atoms with E-state index in [-0.39, 0.29) is 17.7 Å². The summed E-state index contributed by atoms with van der Waals surface area (Å²) >= 11 is 15.6. The summed E-state index contributed by atoms with van der Waals surface area (Å²) in [6, 6.07) is 16.8. The topological polar surface area (TPSA) is 42.2 Å². The van der Waals surface area contributed by atoms with E-state index in [1.54, 1.807) is 54.6 Å². The largest absolute Gasteiger partial charge is 0.493 e. The highest BCUT2D eigenvalue weighted by Gasteiger charge is 2.13. The van der Waals surface area contributed by atoms with Crippen LogP contribution in [0.2, 0.25) is 10.0 Å². The molecule has 3 aromatic rings. The molecular weight excluding hydrogens is 492 g/mol.